The van der Waals surface area contributed by atoms with Crippen LogP contribution in [0.2, 0.25) is 0 Å². The number of hydrogen-bond donors (Lipinski definition) is 3. The quantitative estimate of drug-likeness (QED) is 0.202. The number of rotatable bonds is 12. The molecule has 0 aromatic heterocycles. The van der Waals surface area contributed by atoms with Crippen molar-refractivity contribution in [1.29, 1.82) is 0 Å². The van der Waals surface area contributed by atoms with E-state index in [0.717, 1.165) is 22.8 Å². The number of carboxylic acid groups (broad SMARTS) is 3. The number of carbonyl (C=O) groups excluding carboxylic acids is 1. The van der Waals surface area contributed by atoms with Crippen LogP contribution in [0.5, 0.6) is 5.75 Å². The Morgan fingerprint density at radius 2 is 1.68 bits per heavy atom. The molecule has 1 aliphatic heterocycles. The van der Waals surface area contributed by atoms with E-state index < -0.39 is 41.2 Å². The van der Waals surface area contributed by atoms with Gasteiger partial charge in [0, 0.05) is 32.1 Å². The Kier molecular flexibility index (Phi) is 10.4. The van der Waals surface area contributed by atoms with Gasteiger partial charge in [0.05, 0.1) is 17.7 Å². The van der Waals surface area contributed by atoms with Gasteiger partial charge in [-0.05, 0) is 31.2 Å². The number of carbonyl (C=O) groups is 4. The molecule has 0 spiro atoms. The molecular weight excluding hydrogens is 520 g/mol. The molecule has 11 heteroatoms. The van der Waals surface area contributed by atoms with Crippen molar-refractivity contribution in [2.75, 3.05) is 39.9 Å². The SMILES string of the molecule is Cc1ccc(OCCOC(=O)/C=C(\C(=O)O)N2CCN(C)CC2/C(=C/C(=O)O)C(=O)O)c(Cc2ccccc2)c1. The highest BCUT2D eigenvalue weighted by molar-refractivity contribution is 5.97. The summed E-state index contributed by atoms with van der Waals surface area (Å²) in [4.78, 5) is 50.6. The molecule has 212 valence electrons. The second-order valence-corrected chi connectivity index (χ2v) is 9.34. The molecule has 3 rings (SSSR count). The lowest BCUT2D eigenvalue weighted by Gasteiger charge is -2.41. The van der Waals surface area contributed by atoms with E-state index in [9.17, 15) is 29.4 Å². The number of benzene rings is 2. The zero-order chi connectivity index (χ0) is 29.2. The Bertz CT molecular complexity index is 1300. The maximum Gasteiger partial charge on any atom is 0.352 e. The van der Waals surface area contributed by atoms with Crippen LogP contribution in [0.1, 0.15) is 16.7 Å². The lowest BCUT2D eigenvalue weighted by molar-refractivity contribution is -0.141. The van der Waals surface area contributed by atoms with E-state index in [1.54, 1.807) is 11.9 Å². The topological polar surface area (TPSA) is 154 Å². The molecule has 0 saturated carbocycles. The van der Waals surface area contributed by atoms with Gasteiger partial charge in [-0.3, -0.25) is 0 Å². The summed E-state index contributed by atoms with van der Waals surface area (Å²) in [6, 6.07) is 14.5. The Hall–Kier alpha value is -4.64. The molecule has 1 atom stereocenters. The molecular formula is C29H32N2O9. The number of piperazine rings is 1. The van der Waals surface area contributed by atoms with Gasteiger partial charge in [0.25, 0.3) is 0 Å². The highest BCUT2D eigenvalue weighted by Crippen LogP contribution is 2.24. The summed E-state index contributed by atoms with van der Waals surface area (Å²) in [5.74, 6) is -4.77. The van der Waals surface area contributed by atoms with Crippen molar-refractivity contribution in [3.8, 4) is 5.75 Å². The molecule has 2 aromatic rings. The van der Waals surface area contributed by atoms with Crippen LogP contribution < -0.4 is 4.74 Å². The first-order chi connectivity index (χ1) is 19.0. The summed E-state index contributed by atoms with van der Waals surface area (Å²) >= 11 is 0. The maximum atomic E-state index is 12.5. The lowest BCUT2D eigenvalue weighted by atomic mass is 10.0. The summed E-state index contributed by atoms with van der Waals surface area (Å²) in [6.45, 7) is 2.30. The van der Waals surface area contributed by atoms with E-state index in [1.807, 2.05) is 55.5 Å². The number of hydrogen-bond acceptors (Lipinski definition) is 8. The van der Waals surface area contributed by atoms with Gasteiger partial charge in [0.15, 0.2) is 0 Å². The van der Waals surface area contributed by atoms with Crippen molar-refractivity contribution in [3.05, 3.63) is 88.6 Å². The third-order valence-electron chi connectivity index (χ3n) is 6.29. The predicted molar refractivity (Wildman–Crippen MR) is 144 cm³/mol. The number of aliphatic carboxylic acids is 3. The molecule has 1 unspecified atom stereocenters. The molecule has 11 nitrogen and oxygen atoms in total. The van der Waals surface area contributed by atoms with Crippen LogP contribution in [-0.2, 0) is 30.3 Å². The molecule has 1 fully saturated rings. The van der Waals surface area contributed by atoms with Gasteiger partial charge < -0.3 is 34.6 Å². The van der Waals surface area contributed by atoms with Crippen molar-refractivity contribution in [3.63, 3.8) is 0 Å². The van der Waals surface area contributed by atoms with Gasteiger partial charge in [-0.15, -0.1) is 0 Å². The molecule has 1 aliphatic rings. The fourth-order valence-electron chi connectivity index (χ4n) is 4.43. The third-order valence-corrected chi connectivity index (χ3v) is 6.29. The van der Waals surface area contributed by atoms with Crippen molar-refractivity contribution in [1.82, 2.24) is 9.80 Å². The summed E-state index contributed by atoms with van der Waals surface area (Å²) in [5.41, 5.74) is 2.16. The number of ether oxygens (including phenoxy) is 2. The molecule has 1 saturated heterocycles. The summed E-state index contributed by atoms with van der Waals surface area (Å²) in [5, 5.41) is 28.5. The van der Waals surface area contributed by atoms with Crippen molar-refractivity contribution in [2.24, 2.45) is 0 Å². The molecule has 40 heavy (non-hydrogen) atoms. The second kappa shape index (κ2) is 13.9. The van der Waals surface area contributed by atoms with Crippen LogP contribution in [0.15, 0.2) is 72.0 Å². The summed E-state index contributed by atoms with van der Waals surface area (Å²) < 4.78 is 11.0. The summed E-state index contributed by atoms with van der Waals surface area (Å²) in [7, 11) is 1.70. The predicted octanol–water partition coefficient (Wildman–Crippen LogP) is 2.19. The minimum atomic E-state index is -1.50. The highest BCUT2D eigenvalue weighted by Gasteiger charge is 2.35. The number of likely N-dealkylation sites (N-methyl/N-ethyl adjacent to an activating group) is 1. The maximum absolute atomic E-state index is 12.5. The Balaban J connectivity index is 1.69. The average molecular weight is 553 g/mol. The number of nitrogens with zero attached hydrogens (tertiary/aromatic N) is 2. The number of carboxylic acids is 3. The molecule has 0 radical (unpaired) electrons. The normalized spacial score (nSPS) is 16.4. The monoisotopic (exact) mass is 552 g/mol. The zero-order valence-corrected chi connectivity index (χ0v) is 22.3. The first kappa shape index (κ1) is 29.9. The molecule has 2 aromatic carbocycles. The van der Waals surface area contributed by atoms with Gasteiger partial charge in [0.2, 0.25) is 0 Å². The Morgan fingerprint density at radius 3 is 2.33 bits per heavy atom. The standard InChI is InChI=1S/C29H32N2O9/c1-19-8-9-25(21(14-19)15-20-6-4-3-5-7-20)39-12-13-40-27(34)17-23(29(37)38)31-11-10-30(2)18-24(31)22(28(35)36)16-26(32)33/h3-9,14,16-17,24H,10-13,15,18H2,1-2H3,(H,32,33)(H,35,36)(H,37,38)/b22-16-,23-17+. The molecule has 3 N–H and O–H groups in total. The Labute approximate surface area is 231 Å². The molecule has 0 aliphatic carbocycles. The van der Waals surface area contributed by atoms with E-state index in [2.05, 4.69) is 0 Å². The Morgan fingerprint density at radius 1 is 0.950 bits per heavy atom. The van der Waals surface area contributed by atoms with Gasteiger partial charge in [-0.1, -0.05) is 48.0 Å². The number of esters is 1. The average Bonchev–Trinajstić information content (AvgIpc) is 2.90. The first-order valence-corrected chi connectivity index (χ1v) is 12.6. The molecule has 1 heterocycles. The van der Waals surface area contributed by atoms with Gasteiger partial charge in [-0.2, -0.15) is 0 Å². The van der Waals surface area contributed by atoms with Gasteiger partial charge in [-0.25, -0.2) is 19.2 Å². The van der Waals surface area contributed by atoms with Crippen LogP contribution in [0.3, 0.4) is 0 Å². The fourth-order valence-corrected chi connectivity index (χ4v) is 4.43. The van der Waals surface area contributed by atoms with Crippen LogP contribution in [0.25, 0.3) is 0 Å². The van der Waals surface area contributed by atoms with E-state index in [4.69, 9.17) is 14.6 Å². The smallest absolute Gasteiger partial charge is 0.352 e. The van der Waals surface area contributed by atoms with Gasteiger partial charge >= 0.3 is 23.9 Å². The minimum Gasteiger partial charge on any atom is -0.490 e. The highest BCUT2D eigenvalue weighted by atomic mass is 16.6. The summed E-state index contributed by atoms with van der Waals surface area (Å²) in [6.07, 6.45) is 1.96. The van der Waals surface area contributed by atoms with Crippen molar-refractivity contribution in [2.45, 2.75) is 19.4 Å². The van der Waals surface area contributed by atoms with Crippen molar-refractivity contribution < 1.29 is 44.0 Å². The number of aryl methyl sites for hydroxylation is 1. The van der Waals surface area contributed by atoms with Gasteiger partial charge in [0.1, 0.15) is 24.7 Å². The fraction of sp³-hybridized carbons (Fsp3) is 0.310. The van der Waals surface area contributed by atoms with Crippen LogP contribution >= 0.6 is 0 Å². The third kappa shape index (κ3) is 8.43. The second-order valence-electron chi connectivity index (χ2n) is 9.34. The molecule has 0 bridgehead atoms. The largest absolute Gasteiger partial charge is 0.490 e. The lowest BCUT2D eigenvalue weighted by Crippen LogP contribution is -2.54. The van der Waals surface area contributed by atoms with Crippen LogP contribution in [0.4, 0.5) is 0 Å². The zero-order valence-electron chi connectivity index (χ0n) is 22.3. The van der Waals surface area contributed by atoms with E-state index in [1.165, 1.54) is 4.90 Å². The van der Waals surface area contributed by atoms with E-state index in [-0.39, 0.29) is 26.3 Å². The van der Waals surface area contributed by atoms with Crippen LogP contribution in [0, 0.1) is 6.92 Å². The van der Waals surface area contributed by atoms with E-state index in [0.29, 0.717) is 24.8 Å². The molecule has 0 amide bonds. The van der Waals surface area contributed by atoms with Crippen LogP contribution in [-0.4, -0.2) is 94.9 Å². The minimum absolute atomic E-state index is 0.0223. The van der Waals surface area contributed by atoms with E-state index >= 15 is 0 Å². The van der Waals surface area contributed by atoms with Crippen molar-refractivity contribution >= 4 is 23.9 Å². The first-order valence-electron chi connectivity index (χ1n) is 12.6.